The van der Waals surface area contributed by atoms with Gasteiger partial charge in [-0.15, -0.1) is 6.58 Å². The molecule has 130 valence electrons. The van der Waals surface area contributed by atoms with E-state index in [1.165, 1.54) is 0 Å². The van der Waals surface area contributed by atoms with E-state index in [0.29, 0.717) is 13.2 Å². The lowest BCUT2D eigenvalue weighted by Gasteiger charge is -2.12. The van der Waals surface area contributed by atoms with Gasteiger partial charge in [-0.2, -0.15) is 0 Å². The van der Waals surface area contributed by atoms with Gasteiger partial charge in [0.25, 0.3) is 0 Å². The first-order chi connectivity index (χ1) is 11.3. The largest absolute Gasteiger partial charge is 0.497 e. The normalized spacial score (nSPS) is 10.5. The van der Waals surface area contributed by atoms with Gasteiger partial charge in [0.15, 0.2) is 0 Å². The van der Waals surface area contributed by atoms with Crippen molar-refractivity contribution in [3.05, 3.63) is 36.4 Å². The van der Waals surface area contributed by atoms with Gasteiger partial charge in [0.1, 0.15) is 18.1 Å². The van der Waals surface area contributed by atoms with Gasteiger partial charge in [0.2, 0.25) is 0 Å². The third-order valence-corrected chi connectivity index (χ3v) is 3.34. The number of methoxy groups -OCH3 is 2. The van der Waals surface area contributed by atoms with Gasteiger partial charge in [-0.05, 0) is 24.6 Å². The number of nitrogens with two attached hydrogens (primary N) is 1. The van der Waals surface area contributed by atoms with Gasteiger partial charge in [-0.3, -0.25) is 0 Å². The standard InChI is InChI=1S/C18H29NO4/c1-4-6-16-15-17(21-3)7-8-18(16)23-14-13-22-12-10-19-9-5-11-20-2/h4,7-8,15,19H,1,5-6,9-14H2,2-3H3/p+1. The molecular weight excluding hydrogens is 294 g/mol. The smallest absolute Gasteiger partial charge is 0.123 e. The molecule has 0 saturated carbocycles. The minimum absolute atomic E-state index is 0.542. The number of quaternary nitrogens is 1. The van der Waals surface area contributed by atoms with E-state index < -0.39 is 0 Å². The van der Waals surface area contributed by atoms with Crippen LogP contribution < -0.4 is 14.8 Å². The Morgan fingerprint density at radius 3 is 2.70 bits per heavy atom. The van der Waals surface area contributed by atoms with Gasteiger partial charge in [0, 0.05) is 19.1 Å². The van der Waals surface area contributed by atoms with Crippen LogP contribution in [-0.4, -0.2) is 53.7 Å². The van der Waals surface area contributed by atoms with Gasteiger partial charge in [-0.25, -0.2) is 0 Å². The molecule has 23 heavy (non-hydrogen) atoms. The van der Waals surface area contributed by atoms with Crippen LogP contribution in [0.5, 0.6) is 11.5 Å². The fourth-order valence-electron chi connectivity index (χ4n) is 2.13. The van der Waals surface area contributed by atoms with Crippen LogP contribution in [-0.2, 0) is 15.9 Å². The van der Waals surface area contributed by atoms with Gasteiger partial charge >= 0.3 is 0 Å². The third kappa shape index (κ3) is 8.59. The summed E-state index contributed by atoms with van der Waals surface area (Å²) in [5.41, 5.74) is 1.07. The van der Waals surface area contributed by atoms with E-state index in [0.717, 1.165) is 56.2 Å². The zero-order valence-electron chi connectivity index (χ0n) is 14.4. The van der Waals surface area contributed by atoms with E-state index in [9.17, 15) is 0 Å². The van der Waals surface area contributed by atoms with Crippen LogP contribution in [0.15, 0.2) is 30.9 Å². The molecule has 2 N–H and O–H groups in total. The molecule has 0 aliphatic carbocycles. The average molecular weight is 324 g/mol. The Kier molecular flexibility index (Phi) is 11.0. The van der Waals surface area contributed by atoms with Crippen LogP contribution in [0, 0.1) is 0 Å². The van der Waals surface area contributed by atoms with Gasteiger partial charge in [-0.1, -0.05) is 6.08 Å². The van der Waals surface area contributed by atoms with Crippen molar-refractivity contribution in [2.45, 2.75) is 12.8 Å². The number of rotatable bonds is 14. The fraction of sp³-hybridized carbons (Fsp3) is 0.556. The van der Waals surface area contributed by atoms with Crippen LogP contribution in [0.3, 0.4) is 0 Å². The highest BCUT2D eigenvalue weighted by Gasteiger charge is 2.04. The van der Waals surface area contributed by atoms with Gasteiger partial charge < -0.3 is 24.3 Å². The number of benzene rings is 1. The van der Waals surface area contributed by atoms with E-state index in [1.807, 2.05) is 24.3 Å². The summed E-state index contributed by atoms with van der Waals surface area (Å²) in [7, 11) is 3.39. The molecule has 1 aromatic carbocycles. The van der Waals surface area contributed by atoms with E-state index in [4.69, 9.17) is 18.9 Å². The molecule has 0 aliphatic rings. The van der Waals surface area contributed by atoms with Crippen LogP contribution in [0.4, 0.5) is 0 Å². The first-order valence-corrected chi connectivity index (χ1v) is 8.10. The monoisotopic (exact) mass is 324 g/mol. The number of allylic oxidation sites excluding steroid dienone is 1. The van der Waals surface area contributed by atoms with Crippen molar-refractivity contribution in [1.82, 2.24) is 0 Å². The molecule has 0 radical (unpaired) electrons. The second-order valence-corrected chi connectivity index (χ2v) is 5.14. The number of hydrogen-bond donors (Lipinski definition) is 1. The highest BCUT2D eigenvalue weighted by molar-refractivity contribution is 5.41. The lowest BCUT2D eigenvalue weighted by molar-refractivity contribution is -0.656. The van der Waals surface area contributed by atoms with Crippen LogP contribution in [0.2, 0.25) is 0 Å². The average Bonchev–Trinajstić information content (AvgIpc) is 2.57. The van der Waals surface area contributed by atoms with Gasteiger partial charge in [0.05, 0.1) is 40.0 Å². The lowest BCUT2D eigenvalue weighted by atomic mass is 10.1. The SMILES string of the molecule is C=CCc1cc(OC)ccc1OCCOCC[NH2+]CCCOC. The first kappa shape index (κ1) is 19.5. The summed E-state index contributed by atoms with van der Waals surface area (Å²) in [5, 5.41) is 2.24. The molecule has 0 bridgehead atoms. The van der Waals surface area contributed by atoms with E-state index >= 15 is 0 Å². The summed E-state index contributed by atoms with van der Waals surface area (Å²) in [5.74, 6) is 1.69. The van der Waals surface area contributed by atoms with Crippen molar-refractivity contribution in [3.63, 3.8) is 0 Å². The Hall–Kier alpha value is -1.56. The molecule has 0 unspecified atom stereocenters. The number of ether oxygens (including phenoxy) is 4. The highest BCUT2D eigenvalue weighted by Crippen LogP contribution is 2.24. The summed E-state index contributed by atoms with van der Waals surface area (Å²) < 4.78 is 21.6. The van der Waals surface area contributed by atoms with Crippen molar-refractivity contribution >= 4 is 0 Å². The molecule has 1 aromatic rings. The molecule has 0 fully saturated rings. The number of hydrogen-bond acceptors (Lipinski definition) is 4. The summed E-state index contributed by atoms with van der Waals surface area (Å²) in [6.45, 7) is 8.50. The molecule has 0 spiro atoms. The predicted octanol–water partition coefficient (Wildman–Crippen LogP) is 1.42. The Morgan fingerprint density at radius 1 is 1.09 bits per heavy atom. The summed E-state index contributed by atoms with van der Waals surface area (Å²) in [4.78, 5) is 0. The van der Waals surface area contributed by atoms with Crippen molar-refractivity contribution in [1.29, 1.82) is 0 Å². The van der Waals surface area contributed by atoms with E-state index in [2.05, 4.69) is 11.9 Å². The summed E-state index contributed by atoms with van der Waals surface area (Å²) >= 11 is 0. The maximum absolute atomic E-state index is 5.79. The van der Waals surface area contributed by atoms with E-state index in [1.54, 1.807) is 14.2 Å². The molecule has 5 heteroatoms. The minimum atomic E-state index is 0.542. The third-order valence-electron chi connectivity index (χ3n) is 3.34. The van der Waals surface area contributed by atoms with E-state index in [-0.39, 0.29) is 0 Å². The zero-order chi connectivity index (χ0) is 16.8. The minimum Gasteiger partial charge on any atom is -0.497 e. The lowest BCUT2D eigenvalue weighted by Crippen LogP contribution is -2.85. The quantitative estimate of drug-likeness (QED) is 0.415. The zero-order valence-corrected chi connectivity index (χ0v) is 14.4. The molecule has 0 heterocycles. The van der Waals surface area contributed by atoms with Crippen LogP contribution in [0.1, 0.15) is 12.0 Å². The molecule has 0 amide bonds. The second-order valence-electron chi connectivity index (χ2n) is 5.14. The summed E-state index contributed by atoms with van der Waals surface area (Å²) in [6, 6.07) is 5.81. The maximum atomic E-state index is 5.79. The first-order valence-electron chi connectivity index (χ1n) is 8.10. The van der Waals surface area contributed by atoms with Crippen molar-refractivity contribution < 1.29 is 24.3 Å². The van der Waals surface area contributed by atoms with Crippen LogP contribution in [0.25, 0.3) is 0 Å². The predicted molar refractivity (Wildman–Crippen MR) is 91.4 cm³/mol. The topological polar surface area (TPSA) is 53.5 Å². The Bertz CT molecular complexity index is 437. The highest BCUT2D eigenvalue weighted by atomic mass is 16.5. The summed E-state index contributed by atoms with van der Waals surface area (Å²) in [6.07, 6.45) is 3.69. The molecule has 0 aliphatic heterocycles. The van der Waals surface area contributed by atoms with Crippen molar-refractivity contribution in [2.24, 2.45) is 0 Å². The molecule has 0 atom stereocenters. The fourth-order valence-corrected chi connectivity index (χ4v) is 2.13. The molecule has 1 rings (SSSR count). The molecule has 0 saturated heterocycles. The maximum Gasteiger partial charge on any atom is 0.123 e. The Labute approximate surface area is 139 Å². The second kappa shape index (κ2) is 12.9. The Morgan fingerprint density at radius 2 is 1.96 bits per heavy atom. The molecule has 5 nitrogen and oxygen atoms in total. The van der Waals surface area contributed by atoms with Crippen molar-refractivity contribution in [2.75, 3.05) is 53.7 Å². The molecular formula is C18H30NO4+. The van der Waals surface area contributed by atoms with Crippen molar-refractivity contribution in [3.8, 4) is 11.5 Å². The van der Waals surface area contributed by atoms with Crippen LogP contribution >= 0.6 is 0 Å². The molecule has 0 aromatic heterocycles. The Balaban J connectivity index is 2.16.